The second-order valence-corrected chi connectivity index (χ2v) is 6.52. The van der Waals surface area contributed by atoms with Crippen molar-refractivity contribution >= 4 is 21.4 Å². The monoisotopic (exact) mass is 315 g/mol. The van der Waals surface area contributed by atoms with Crippen molar-refractivity contribution in [3.63, 3.8) is 0 Å². The van der Waals surface area contributed by atoms with Crippen LogP contribution in [0.4, 0.5) is 11.4 Å². The molecule has 0 saturated heterocycles. The Morgan fingerprint density at radius 1 is 1.38 bits per heavy atom. The molecule has 0 unspecified atom stereocenters. The number of methoxy groups -OCH3 is 1. The molecule has 1 fully saturated rings. The van der Waals surface area contributed by atoms with E-state index in [4.69, 9.17) is 4.74 Å². The van der Waals surface area contributed by atoms with Gasteiger partial charge in [-0.15, -0.1) is 0 Å². The number of anilines is 1. The molecular weight excluding hydrogens is 298 g/mol. The Morgan fingerprint density at radius 3 is 2.57 bits per heavy atom. The second-order valence-electron chi connectivity index (χ2n) is 4.84. The van der Waals surface area contributed by atoms with Crippen LogP contribution in [0.25, 0.3) is 0 Å². The summed E-state index contributed by atoms with van der Waals surface area (Å²) in [5.74, 6) is 0. The fourth-order valence-corrected chi connectivity index (χ4v) is 3.59. The maximum absolute atomic E-state index is 12.3. The van der Waals surface area contributed by atoms with Gasteiger partial charge in [-0.25, -0.2) is 13.1 Å². The van der Waals surface area contributed by atoms with E-state index in [1.807, 2.05) is 0 Å². The van der Waals surface area contributed by atoms with Crippen molar-refractivity contribution in [2.45, 2.75) is 29.9 Å². The fourth-order valence-electron chi connectivity index (χ4n) is 2.18. The highest BCUT2D eigenvalue weighted by Gasteiger charge is 2.35. The van der Waals surface area contributed by atoms with E-state index in [-0.39, 0.29) is 17.0 Å². The summed E-state index contributed by atoms with van der Waals surface area (Å²) in [7, 11) is -0.760. The highest BCUT2D eigenvalue weighted by atomic mass is 32.2. The number of nitro groups is 1. The molecule has 1 aliphatic carbocycles. The number of benzene rings is 1. The minimum atomic E-state index is -3.93. The van der Waals surface area contributed by atoms with Crippen LogP contribution >= 0.6 is 0 Å². The van der Waals surface area contributed by atoms with E-state index < -0.39 is 20.6 Å². The van der Waals surface area contributed by atoms with Crippen LogP contribution in [-0.2, 0) is 14.8 Å². The molecule has 1 aromatic rings. The molecule has 0 amide bonds. The van der Waals surface area contributed by atoms with Gasteiger partial charge in [-0.2, -0.15) is 0 Å². The number of hydrogen-bond acceptors (Lipinski definition) is 6. The van der Waals surface area contributed by atoms with Crippen molar-refractivity contribution in [3.8, 4) is 0 Å². The predicted molar refractivity (Wildman–Crippen MR) is 76.8 cm³/mol. The molecule has 0 aliphatic heterocycles. The first-order valence-electron chi connectivity index (χ1n) is 6.38. The standard InChI is InChI=1S/C12H17N3O5S/c1-13-8-3-4-12(11(7-8)15(16)17)21(18,19)14-9-5-10(6-9)20-2/h3-4,7,9-10,13-14H,5-6H2,1-2H3. The number of nitro benzene ring substituents is 1. The molecule has 1 aliphatic rings. The summed E-state index contributed by atoms with van der Waals surface area (Å²) in [6.07, 6.45) is 1.18. The largest absolute Gasteiger partial charge is 0.388 e. The second kappa shape index (κ2) is 5.96. The van der Waals surface area contributed by atoms with Gasteiger partial charge in [0, 0.05) is 32.0 Å². The lowest BCUT2D eigenvalue weighted by Gasteiger charge is -2.34. The van der Waals surface area contributed by atoms with E-state index in [0.717, 1.165) is 0 Å². The third-order valence-corrected chi connectivity index (χ3v) is 5.05. The van der Waals surface area contributed by atoms with Crippen LogP contribution in [0, 0.1) is 10.1 Å². The molecule has 0 spiro atoms. The van der Waals surface area contributed by atoms with E-state index in [1.165, 1.54) is 18.2 Å². The summed E-state index contributed by atoms with van der Waals surface area (Å²) in [5.41, 5.74) is 0.0284. The molecule has 21 heavy (non-hydrogen) atoms. The molecular formula is C12H17N3O5S. The van der Waals surface area contributed by atoms with Crippen LogP contribution in [-0.4, -0.2) is 39.6 Å². The van der Waals surface area contributed by atoms with Crippen LogP contribution < -0.4 is 10.0 Å². The van der Waals surface area contributed by atoms with Gasteiger partial charge < -0.3 is 10.1 Å². The zero-order chi connectivity index (χ0) is 15.6. The van der Waals surface area contributed by atoms with E-state index in [0.29, 0.717) is 18.5 Å². The third kappa shape index (κ3) is 3.31. The predicted octanol–water partition coefficient (Wildman–Crippen LogP) is 1.09. The Kier molecular flexibility index (Phi) is 4.45. The Hall–Kier alpha value is -1.71. The number of rotatable bonds is 6. The van der Waals surface area contributed by atoms with Crippen LogP contribution in [0.5, 0.6) is 0 Å². The highest BCUT2D eigenvalue weighted by molar-refractivity contribution is 7.89. The minimum absolute atomic E-state index is 0.0411. The number of sulfonamides is 1. The summed E-state index contributed by atoms with van der Waals surface area (Å²) in [6, 6.07) is 3.68. The van der Waals surface area contributed by atoms with Gasteiger partial charge in [0.1, 0.15) is 0 Å². The van der Waals surface area contributed by atoms with Crippen molar-refractivity contribution in [2.75, 3.05) is 19.5 Å². The van der Waals surface area contributed by atoms with Crippen molar-refractivity contribution in [3.05, 3.63) is 28.3 Å². The van der Waals surface area contributed by atoms with E-state index >= 15 is 0 Å². The van der Waals surface area contributed by atoms with Gasteiger partial charge in [-0.05, 0) is 25.0 Å². The maximum Gasteiger partial charge on any atom is 0.291 e. The summed E-state index contributed by atoms with van der Waals surface area (Å²) in [6.45, 7) is 0. The highest BCUT2D eigenvalue weighted by Crippen LogP contribution is 2.29. The molecule has 2 rings (SSSR count). The van der Waals surface area contributed by atoms with Crippen molar-refractivity contribution in [1.82, 2.24) is 4.72 Å². The summed E-state index contributed by atoms with van der Waals surface area (Å²) < 4.78 is 32.1. The molecule has 0 bridgehead atoms. The van der Waals surface area contributed by atoms with Crippen LogP contribution in [0.15, 0.2) is 23.1 Å². The first kappa shape index (κ1) is 15.7. The van der Waals surface area contributed by atoms with Gasteiger partial charge >= 0.3 is 0 Å². The molecule has 1 saturated carbocycles. The number of nitrogens with zero attached hydrogens (tertiary/aromatic N) is 1. The smallest absolute Gasteiger partial charge is 0.291 e. The zero-order valence-electron chi connectivity index (χ0n) is 11.7. The number of ether oxygens (including phenoxy) is 1. The lowest BCUT2D eigenvalue weighted by atomic mass is 9.90. The lowest BCUT2D eigenvalue weighted by molar-refractivity contribution is -0.387. The molecule has 0 heterocycles. The van der Waals surface area contributed by atoms with Gasteiger partial charge in [-0.1, -0.05) is 0 Å². The van der Waals surface area contributed by atoms with E-state index in [9.17, 15) is 18.5 Å². The van der Waals surface area contributed by atoms with Crippen LogP contribution in [0.3, 0.4) is 0 Å². The fraction of sp³-hybridized carbons (Fsp3) is 0.500. The summed E-state index contributed by atoms with van der Waals surface area (Å²) in [4.78, 5) is 10.0. The molecule has 2 N–H and O–H groups in total. The maximum atomic E-state index is 12.3. The molecule has 8 nitrogen and oxygen atoms in total. The molecule has 1 aromatic carbocycles. The van der Waals surface area contributed by atoms with Crippen molar-refractivity contribution < 1.29 is 18.1 Å². The van der Waals surface area contributed by atoms with Gasteiger partial charge in [-0.3, -0.25) is 10.1 Å². The third-order valence-electron chi connectivity index (χ3n) is 3.48. The lowest BCUT2D eigenvalue weighted by Crippen LogP contribution is -2.47. The summed E-state index contributed by atoms with van der Waals surface area (Å²) >= 11 is 0. The first-order chi connectivity index (χ1) is 9.87. The first-order valence-corrected chi connectivity index (χ1v) is 7.87. The normalized spacial score (nSPS) is 21.6. The Labute approximate surface area is 122 Å². The van der Waals surface area contributed by atoms with Gasteiger partial charge in [0.15, 0.2) is 4.90 Å². The zero-order valence-corrected chi connectivity index (χ0v) is 12.5. The van der Waals surface area contributed by atoms with E-state index in [1.54, 1.807) is 14.2 Å². The molecule has 0 aromatic heterocycles. The Balaban J connectivity index is 2.25. The average molecular weight is 315 g/mol. The quantitative estimate of drug-likeness (QED) is 0.600. The van der Waals surface area contributed by atoms with Gasteiger partial charge in [0.25, 0.3) is 5.69 Å². The summed E-state index contributed by atoms with van der Waals surface area (Å²) in [5, 5.41) is 13.8. The number of nitrogens with one attached hydrogen (secondary N) is 2. The SMILES string of the molecule is CNc1ccc(S(=O)(=O)NC2CC(OC)C2)c([N+](=O)[O-])c1. The molecule has 0 atom stereocenters. The van der Waals surface area contributed by atoms with Crippen LogP contribution in [0.1, 0.15) is 12.8 Å². The molecule has 0 radical (unpaired) electrons. The topological polar surface area (TPSA) is 111 Å². The minimum Gasteiger partial charge on any atom is -0.388 e. The molecule has 9 heteroatoms. The Morgan fingerprint density at radius 2 is 2.05 bits per heavy atom. The molecule has 116 valence electrons. The van der Waals surface area contributed by atoms with Crippen LogP contribution in [0.2, 0.25) is 0 Å². The number of hydrogen-bond donors (Lipinski definition) is 2. The van der Waals surface area contributed by atoms with Crippen molar-refractivity contribution in [2.24, 2.45) is 0 Å². The van der Waals surface area contributed by atoms with Gasteiger partial charge in [0.05, 0.1) is 11.0 Å². The van der Waals surface area contributed by atoms with Crippen molar-refractivity contribution in [1.29, 1.82) is 0 Å². The average Bonchev–Trinajstić information content (AvgIpc) is 2.41. The van der Waals surface area contributed by atoms with E-state index in [2.05, 4.69) is 10.0 Å². The Bertz CT molecular complexity index is 640. The van der Waals surface area contributed by atoms with Gasteiger partial charge in [0.2, 0.25) is 10.0 Å².